The van der Waals surface area contributed by atoms with E-state index in [0.717, 1.165) is 39.4 Å². The van der Waals surface area contributed by atoms with Gasteiger partial charge in [-0.25, -0.2) is 9.97 Å². The molecule has 0 spiro atoms. The molecule has 6 nitrogen and oxygen atoms in total. The summed E-state index contributed by atoms with van der Waals surface area (Å²) in [4.78, 5) is 24.8. The van der Waals surface area contributed by atoms with Crippen LogP contribution in [0.5, 0.6) is 5.75 Å². The lowest BCUT2D eigenvalue weighted by atomic mass is 10.2. The van der Waals surface area contributed by atoms with Gasteiger partial charge in [0.1, 0.15) is 11.3 Å². The van der Waals surface area contributed by atoms with Crippen LogP contribution in [-0.4, -0.2) is 34.1 Å². The third kappa shape index (κ3) is 4.44. The molecule has 154 valence electrons. The fraction of sp³-hybridized carbons (Fsp3) is 0.227. The lowest BCUT2D eigenvalue weighted by Crippen LogP contribution is -2.30. The van der Waals surface area contributed by atoms with Gasteiger partial charge in [0, 0.05) is 36.4 Å². The van der Waals surface area contributed by atoms with Crippen LogP contribution in [-0.2, 0) is 11.3 Å². The van der Waals surface area contributed by atoms with Gasteiger partial charge in [0.15, 0.2) is 5.13 Å². The highest BCUT2D eigenvalue weighted by molar-refractivity contribution is 7.22. The molecule has 0 saturated heterocycles. The number of thiazole rings is 1. The highest BCUT2D eigenvalue weighted by Crippen LogP contribution is 2.36. The number of anilines is 1. The SMILES string of the molecule is COc1ccc(C)c2sc(N(CCCn3ccnc3)C(=O)/C=C/c3cccs3)nc12. The van der Waals surface area contributed by atoms with E-state index in [-0.39, 0.29) is 5.91 Å². The Bertz CT molecular complexity index is 1150. The van der Waals surface area contributed by atoms with Gasteiger partial charge in [0.25, 0.3) is 5.91 Å². The lowest BCUT2D eigenvalue weighted by Gasteiger charge is -2.18. The van der Waals surface area contributed by atoms with E-state index in [2.05, 4.69) is 4.98 Å². The van der Waals surface area contributed by atoms with E-state index in [4.69, 9.17) is 9.72 Å². The largest absolute Gasteiger partial charge is 0.494 e. The predicted octanol–water partition coefficient (Wildman–Crippen LogP) is 5.01. The predicted molar refractivity (Wildman–Crippen MR) is 123 cm³/mol. The molecule has 4 aromatic rings. The van der Waals surface area contributed by atoms with Crippen molar-refractivity contribution in [2.75, 3.05) is 18.6 Å². The van der Waals surface area contributed by atoms with Crippen molar-refractivity contribution < 1.29 is 9.53 Å². The summed E-state index contributed by atoms with van der Waals surface area (Å²) < 4.78 is 8.53. The molecule has 8 heteroatoms. The molecule has 0 atom stereocenters. The van der Waals surface area contributed by atoms with Crippen molar-refractivity contribution >= 4 is 50.0 Å². The minimum atomic E-state index is -0.0790. The molecule has 0 fully saturated rings. The summed E-state index contributed by atoms with van der Waals surface area (Å²) in [6.45, 7) is 3.39. The number of aryl methyl sites for hydroxylation is 2. The van der Waals surface area contributed by atoms with Gasteiger partial charge in [-0.05, 0) is 42.5 Å². The Balaban J connectivity index is 1.62. The number of methoxy groups -OCH3 is 1. The van der Waals surface area contributed by atoms with Gasteiger partial charge in [-0.1, -0.05) is 23.5 Å². The van der Waals surface area contributed by atoms with Gasteiger partial charge >= 0.3 is 0 Å². The van der Waals surface area contributed by atoms with Crippen LogP contribution in [0, 0.1) is 6.92 Å². The van der Waals surface area contributed by atoms with Crippen molar-refractivity contribution in [3.8, 4) is 5.75 Å². The number of ether oxygens (including phenoxy) is 1. The summed E-state index contributed by atoms with van der Waals surface area (Å²) >= 11 is 3.13. The number of fused-ring (bicyclic) bond motifs is 1. The molecule has 0 radical (unpaired) electrons. The molecule has 0 N–H and O–H groups in total. The number of aromatic nitrogens is 3. The van der Waals surface area contributed by atoms with Crippen LogP contribution in [0.4, 0.5) is 5.13 Å². The first-order valence-corrected chi connectivity index (χ1v) is 11.3. The summed E-state index contributed by atoms with van der Waals surface area (Å²) in [5, 5.41) is 2.68. The van der Waals surface area contributed by atoms with Crippen LogP contribution < -0.4 is 9.64 Å². The molecule has 30 heavy (non-hydrogen) atoms. The normalized spacial score (nSPS) is 11.4. The summed E-state index contributed by atoms with van der Waals surface area (Å²) in [6.07, 6.45) is 9.74. The number of benzene rings is 1. The van der Waals surface area contributed by atoms with Gasteiger partial charge in [0.05, 0.1) is 18.1 Å². The van der Waals surface area contributed by atoms with E-state index < -0.39 is 0 Å². The van der Waals surface area contributed by atoms with Crippen LogP contribution in [0.25, 0.3) is 16.3 Å². The zero-order chi connectivity index (χ0) is 20.9. The highest BCUT2D eigenvalue weighted by atomic mass is 32.1. The summed E-state index contributed by atoms with van der Waals surface area (Å²) in [6, 6.07) is 7.90. The number of hydrogen-bond acceptors (Lipinski definition) is 6. The van der Waals surface area contributed by atoms with Crippen LogP contribution in [0.15, 0.2) is 54.4 Å². The maximum atomic E-state index is 13.1. The number of carbonyl (C=O) groups is 1. The average Bonchev–Trinajstić information content (AvgIpc) is 3.52. The van der Waals surface area contributed by atoms with Gasteiger partial charge in [-0.15, -0.1) is 11.3 Å². The van der Waals surface area contributed by atoms with Crippen LogP contribution in [0.2, 0.25) is 0 Å². The second-order valence-electron chi connectivity index (χ2n) is 6.75. The molecule has 1 amide bonds. The molecule has 0 aliphatic heterocycles. The first-order chi connectivity index (χ1) is 14.7. The van der Waals surface area contributed by atoms with Gasteiger partial charge in [0.2, 0.25) is 0 Å². The van der Waals surface area contributed by atoms with Crippen LogP contribution in [0.3, 0.4) is 0 Å². The lowest BCUT2D eigenvalue weighted by molar-refractivity contribution is -0.114. The Morgan fingerprint density at radius 3 is 2.97 bits per heavy atom. The van der Waals surface area contributed by atoms with Gasteiger partial charge < -0.3 is 9.30 Å². The standard InChI is InChI=1S/C22H22N4O2S2/c1-16-6-8-18(28-2)20-21(16)30-22(24-20)26(12-4-11-25-13-10-23-15-25)19(27)9-7-17-5-3-14-29-17/h3,5-10,13-15H,4,11-12H2,1-2H3/b9-7+. The van der Waals surface area contributed by atoms with E-state index in [9.17, 15) is 4.79 Å². The highest BCUT2D eigenvalue weighted by Gasteiger charge is 2.20. The Morgan fingerprint density at radius 2 is 2.23 bits per heavy atom. The van der Waals surface area contributed by atoms with E-state index >= 15 is 0 Å². The Hall–Kier alpha value is -2.97. The number of carbonyl (C=O) groups excluding carboxylic acids is 1. The topological polar surface area (TPSA) is 60.2 Å². The smallest absolute Gasteiger partial charge is 0.252 e. The molecule has 4 rings (SSSR count). The molecule has 0 saturated carbocycles. The molecule has 3 heterocycles. The minimum absolute atomic E-state index is 0.0790. The zero-order valence-corrected chi connectivity index (χ0v) is 18.4. The molecule has 0 unspecified atom stereocenters. The van der Waals surface area contributed by atoms with Crippen molar-refractivity contribution in [2.45, 2.75) is 19.9 Å². The fourth-order valence-electron chi connectivity index (χ4n) is 3.14. The Morgan fingerprint density at radius 1 is 1.33 bits per heavy atom. The van der Waals surface area contributed by atoms with Crippen molar-refractivity contribution in [3.05, 3.63) is 64.9 Å². The van der Waals surface area contributed by atoms with Gasteiger partial charge in [-0.3, -0.25) is 9.69 Å². The maximum Gasteiger partial charge on any atom is 0.252 e. The van der Waals surface area contributed by atoms with Crippen molar-refractivity contribution in [1.82, 2.24) is 14.5 Å². The van der Waals surface area contributed by atoms with Crippen molar-refractivity contribution in [3.63, 3.8) is 0 Å². The first-order valence-electron chi connectivity index (χ1n) is 9.58. The van der Waals surface area contributed by atoms with Crippen LogP contribution >= 0.6 is 22.7 Å². The molecular formula is C22H22N4O2S2. The monoisotopic (exact) mass is 438 g/mol. The number of hydrogen-bond donors (Lipinski definition) is 0. The second kappa shape index (κ2) is 9.23. The average molecular weight is 439 g/mol. The zero-order valence-electron chi connectivity index (χ0n) is 16.8. The minimum Gasteiger partial charge on any atom is -0.494 e. The van der Waals surface area contributed by atoms with E-state index in [1.807, 2.05) is 53.4 Å². The second-order valence-corrected chi connectivity index (χ2v) is 8.71. The van der Waals surface area contributed by atoms with Crippen LogP contribution in [0.1, 0.15) is 16.9 Å². The van der Waals surface area contributed by atoms with E-state index in [0.29, 0.717) is 11.7 Å². The quantitative estimate of drug-likeness (QED) is 0.363. The first kappa shape index (κ1) is 20.3. The number of rotatable bonds is 8. The fourth-order valence-corrected chi connectivity index (χ4v) is 4.84. The maximum absolute atomic E-state index is 13.1. The Kier molecular flexibility index (Phi) is 6.25. The summed E-state index contributed by atoms with van der Waals surface area (Å²) in [5.41, 5.74) is 1.92. The van der Waals surface area contributed by atoms with E-state index in [1.54, 1.807) is 41.9 Å². The third-order valence-electron chi connectivity index (χ3n) is 4.70. The van der Waals surface area contributed by atoms with Crippen molar-refractivity contribution in [1.29, 1.82) is 0 Å². The molecular weight excluding hydrogens is 416 g/mol. The number of amides is 1. The number of nitrogens with zero attached hydrogens (tertiary/aromatic N) is 4. The van der Waals surface area contributed by atoms with Crippen molar-refractivity contribution in [2.24, 2.45) is 0 Å². The number of imidazole rings is 1. The molecule has 0 bridgehead atoms. The van der Waals surface area contributed by atoms with Gasteiger partial charge in [-0.2, -0.15) is 0 Å². The van der Waals surface area contributed by atoms with E-state index in [1.165, 1.54) is 11.3 Å². The molecule has 0 aliphatic carbocycles. The third-order valence-corrected chi connectivity index (χ3v) is 6.75. The number of thiophene rings is 1. The summed E-state index contributed by atoms with van der Waals surface area (Å²) in [7, 11) is 1.64. The summed E-state index contributed by atoms with van der Waals surface area (Å²) in [5.74, 6) is 0.641. The Labute approximate surface area is 183 Å². The molecule has 1 aromatic carbocycles. The molecule has 3 aromatic heterocycles. The molecule has 0 aliphatic rings.